The number of rotatable bonds is 6. The fraction of sp³-hybridized carbons (Fsp3) is 0.474. The molecule has 0 heterocycles. The van der Waals surface area contributed by atoms with Crippen LogP contribution in [0.1, 0.15) is 30.7 Å². The van der Waals surface area contributed by atoms with Gasteiger partial charge < -0.3 is 19.1 Å². The summed E-state index contributed by atoms with van der Waals surface area (Å²) < 4.78 is 9.82. The van der Waals surface area contributed by atoms with Crippen LogP contribution in [0.2, 0.25) is 0 Å². The van der Waals surface area contributed by atoms with Crippen LogP contribution in [0.25, 0.3) is 0 Å². The maximum Gasteiger partial charge on any atom is 0.312 e. The predicted molar refractivity (Wildman–Crippen MR) is 88.6 cm³/mol. The molecule has 0 bridgehead atoms. The lowest BCUT2D eigenvalue weighted by atomic mass is 9.58. The molecule has 1 fully saturated rings. The Bertz CT molecular complexity index is 641. The lowest BCUT2D eigenvalue weighted by Gasteiger charge is -2.44. The van der Waals surface area contributed by atoms with Crippen LogP contribution >= 0.6 is 0 Å². The van der Waals surface area contributed by atoms with Gasteiger partial charge in [-0.15, -0.1) is 0 Å². The fourth-order valence-electron chi connectivity index (χ4n) is 3.93. The Kier molecular flexibility index (Phi) is 6.07. The van der Waals surface area contributed by atoms with Crippen molar-refractivity contribution in [3.8, 4) is 0 Å². The third kappa shape index (κ3) is 3.62. The van der Waals surface area contributed by atoms with E-state index in [2.05, 4.69) is 0 Å². The third-order valence-corrected chi connectivity index (χ3v) is 5.10. The molecule has 4 unspecified atom stereocenters. The molecule has 0 aliphatic heterocycles. The molecular weight excluding hydrogens is 324 g/mol. The highest BCUT2D eigenvalue weighted by atomic mass is 16.5. The molecule has 1 saturated carbocycles. The van der Waals surface area contributed by atoms with Gasteiger partial charge in [-0.2, -0.15) is 0 Å². The zero-order valence-electron chi connectivity index (χ0n) is 14.3. The SMILES string of the molecule is COC(=O)C1C(C=O)CC(CC=O)(C(=O)OC)CC1c1ccccc1. The summed E-state index contributed by atoms with van der Waals surface area (Å²) in [7, 11) is 2.54. The van der Waals surface area contributed by atoms with Gasteiger partial charge in [0.15, 0.2) is 0 Å². The number of esters is 2. The Balaban J connectivity index is 2.55. The van der Waals surface area contributed by atoms with Gasteiger partial charge in [0, 0.05) is 12.3 Å². The first-order chi connectivity index (χ1) is 12.0. The summed E-state index contributed by atoms with van der Waals surface area (Å²) in [5.74, 6) is -2.87. The van der Waals surface area contributed by atoms with Crippen LogP contribution in [-0.4, -0.2) is 38.7 Å². The highest BCUT2D eigenvalue weighted by molar-refractivity contribution is 5.84. The molecule has 134 valence electrons. The molecule has 6 heteroatoms. The van der Waals surface area contributed by atoms with Gasteiger partial charge >= 0.3 is 11.9 Å². The number of hydrogen-bond donors (Lipinski definition) is 0. The van der Waals surface area contributed by atoms with E-state index in [0.29, 0.717) is 12.6 Å². The van der Waals surface area contributed by atoms with E-state index in [0.717, 1.165) is 5.56 Å². The van der Waals surface area contributed by atoms with Gasteiger partial charge in [0.25, 0.3) is 0 Å². The lowest BCUT2D eigenvalue weighted by Crippen LogP contribution is -2.47. The quantitative estimate of drug-likeness (QED) is 0.578. The monoisotopic (exact) mass is 346 g/mol. The average molecular weight is 346 g/mol. The van der Waals surface area contributed by atoms with Crippen molar-refractivity contribution in [1.29, 1.82) is 0 Å². The molecule has 0 radical (unpaired) electrons. The number of benzene rings is 1. The molecule has 0 saturated heterocycles. The summed E-state index contributed by atoms with van der Waals surface area (Å²) in [6, 6.07) is 9.19. The smallest absolute Gasteiger partial charge is 0.312 e. The van der Waals surface area contributed by atoms with Gasteiger partial charge in [-0.1, -0.05) is 30.3 Å². The molecule has 1 aliphatic rings. The number of carbonyl (C=O) groups is 4. The van der Waals surface area contributed by atoms with E-state index in [4.69, 9.17) is 9.47 Å². The minimum atomic E-state index is -1.12. The maximum atomic E-state index is 12.4. The first-order valence-corrected chi connectivity index (χ1v) is 8.13. The molecule has 1 aromatic rings. The molecule has 0 N–H and O–H groups in total. The van der Waals surface area contributed by atoms with Crippen LogP contribution in [0, 0.1) is 17.3 Å². The van der Waals surface area contributed by atoms with E-state index < -0.39 is 35.1 Å². The Morgan fingerprint density at radius 3 is 2.32 bits per heavy atom. The van der Waals surface area contributed by atoms with E-state index in [-0.39, 0.29) is 19.3 Å². The molecule has 1 aromatic carbocycles. The molecule has 25 heavy (non-hydrogen) atoms. The van der Waals surface area contributed by atoms with Gasteiger partial charge in [-0.3, -0.25) is 9.59 Å². The number of hydrogen-bond acceptors (Lipinski definition) is 6. The fourth-order valence-corrected chi connectivity index (χ4v) is 3.93. The Morgan fingerprint density at radius 1 is 1.12 bits per heavy atom. The van der Waals surface area contributed by atoms with Crippen molar-refractivity contribution in [1.82, 2.24) is 0 Å². The van der Waals surface area contributed by atoms with Crippen molar-refractivity contribution in [3.63, 3.8) is 0 Å². The summed E-state index contributed by atoms with van der Waals surface area (Å²) in [5.41, 5.74) is -0.295. The van der Waals surface area contributed by atoms with Gasteiger partial charge in [0.2, 0.25) is 0 Å². The van der Waals surface area contributed by atoms with Gasteiger partial charge in [0.05, 0.1) is 25.6 Å². The highest BCUT2D eigenvalue weighted by Crippen LogP contribution is 2.51. The van der Waals surface area contributed by atoms with Crippen LogP contribution in [0.3, 0.4) is 0 Å². The average Bonchev–Trinajstić information content (AvgIpc) is 2.66. The number of carbonyl (C=O) groups excluding carboxylic acids is 4. The third-order valence-electron chi connectivity index (χ3n) is 5.10. The lowest BCUT2D eigenvalue weighted by molar-refractivity contribution is -0.165. The van der Waals surface area contributed by atoms with E-state index in [1.165, 1.54) is 14.2 Å². The second kappa shape index (κ2) is 8.05. The van der Waals surface area contributed by atoms with Crippen LogP contribution in [0.4, 0.5) is 0 Å². The van der Waals surface area contributed by atoms with Gasteiger partial charge in [0.1, 0.15) is 12.6 Å². The zero-order chi connectivity index (χ0) is 18.4. The van der Waals surface area contributed by atoms with Crippen molar-refractivity contribution in [2.75, 3.05) is 14.2 Å². The van der Waals surface area contributed by atoms with Crippen molar-refractivity contribution in [2.24, 2.45) is 17.3 Å². The maximum absolute atomic E-state index is 12.4. The minimum absolute atomic E-state index is 0.0543. The second-order valence-electron chi connectivity index (χ2n) is 6.42. The zero-order valence-corrected chi connectivity index (χ0v) is 14.3. The van der Waals surface area contributed by atoms with E-state index in [9.17, 15) is 19.2 Å². The standard InChI is InChI=1S/C19H22O6/c1-24-17(22)16-14(12-21)10-19(8-9-20,18(23)25-2)11-15(16)13-6-4-3-5-7-13/h3-7,9,12,14-16H,8,10-11H2,1-2H3. The Morgan fingerprint density at radius 2 is 1.80 bits per heavy atom. The van der Waals surface area contributed by atoms with E-state index in [1.54, 1.807) is 0 Å². The molecule has 4 atom stereocenters. The number of aldehydes is 2. The Labute approximate surface area is 146 Å². The summed E-state index contributed by atoms with van der Waals surface area (Å²) in [6.45, 7) is 0. The molecule has 0 aromatic heterocycles. The molecule has 0 amide bonds. The summed E-state index contributed by atoms with van der Waals surface area (Å²) in [5, 5.41) is 0. The van der Waals surface area contributed by atoms with Crippen molar-refractivity contribution in [2.45, 2.75) is 25.2 Å². The molecule has 1 aliphatic carbocycles. The molecular formula is C19H22O6. The van der Waals surface area contributed by atoms with Crippen LogP contribution in [0.5, 0.6) is 0 Å². The second-order valence-corrected chi connectivity index (χ2v) is 6.42. The van der Waals surface area contributed by atoms with Crippen LogP contribution in [-0.2, 0) is 28.7 Å². The highest BCUT2D eigenvalue weighted by Gasteiger charge is 2.53. The summed E-state index contributed by atoms with van der Waals surface area (Å²) >= 11 is 0. The first kappa shape index (κ1) is 18.8. The van der Waals surface area contributed by atoms with E-state index >= 15 is 0 Å². The van der Waals surface area contributed by atoms with Gasteiger partial charge in [-0.25, -0.2) is 0 Å². The molecule has 0 spiro atoms. The number of ether oxygens (including phenoxy) is 2. The topological polar surface area (TPSA) is 86.7 Å². The summed E-state index contributed by atoms with van der Waals surface area (Å²) in [4.78, 5) is 47.8. The van der Waals surface area contributed by atoms with Gasteiger partial charge in [-0.05, 0) is 24.3 Å². The molecule has 2 rings (SSSR count). The predicted octanol–water partition coefficient (Wildman–Crippen LogP) is 1.92. The van der Waals surface area contributed by atoms with Crippen molar-refractivity contribution >= 4 is 24.5 Å². The molecule has 6 nitrogen and oxygen atoms in total. The van der Waals surface area contributed by atoms with Crippen molar-refractivity contribution in [3.05, 3.63) is 35.9 Å². The minimum Gasteiger partial charge on any atom is -0.469 e. The van der Waals surface area contributed by atoms with Crippen LogP contribution < -0.4 is 0 Å². The van der Waals surface area contributed by atoms with Crippen molar-refractivity contribution < 1.29 is 28.7 Å². The van der Waals surface area contributed by atoms with Crippen LogP contribution in [0.15, 0.2) is 30.3 Å². The Hall–Kier alpha value is -2.50. The summed E-state index contributed by atoms with van der Waals surface area (Å²) in [6.07, 6.45) is 1.62. The normalized spacial score (nSPS) is 28.6. The van der Waals surface area contributed by atoms with E-state index in [1.807, 2.05) is 30.3 Å². The first-order valence-electron chi connectivity index (χ1n) is 8.13. The largest absolute Gasteiger partial charge is 0.469 e. The number of methoxy groups -OCH3 is 2.